The van der Waals surface area contributed by atoms with Gasteiger partial charge in [-0.15, -0.1) is 0 Å². The number of carbonyl (C=O) groups is 2. The molecule has 2 aromatic rings. The molecule has 2 heterocycles. The van der Waals surface area contributed by atoms with Gasteiger partial charge < -0.3 is 19.5 Å². The zero-order valence-corrected chi connectivity index (χ0v) is 17.8. The highest BCUT2D eigenvalue weighted by Crippen LogP contribution is 2.24. The Balaban J connectivity index is 1.63. The van der Waals surface area contributed by atoms with E-state index in [0.29, 0.717) is 57.1 Å². The Labute approximate surface area is 176 Å². The molecule has 0 saturated carbocycles. The van der Waals surface area contributed by atoms with Crippen LogP contribution in [0.4, 0.5) is 4.39 Å². The number of aromatic nitrogens is 1. The molecule has 1 aromatic carbocycles. The first kappa shape index (κ1) is 22.0. The van der Waals surface area contributed by atoms with Gasteiger partial charge in [-0.2, -0.15) is 0 Å². The number of carbonyl (C=O) groups excluding carboxylic acids is 2. The van der Waals surface area contributed by atoms with Crippen molar-refractivity contribution in [3.8, 4) is 5.69 Å². The summed E-state index contributed by atoms with van der Waals surface area (Å²) in [6.45, 7) is 7.37. The molecule has 1 aliphatic heterocycles. The smallest absolute Gasteiger partial charge is 0.255 e. The summed E-state index contributed by atoms with van der Waals surface area (Å²) in [6.07, 6.45) is 0. The monoisotopic (exact) mass is 416 g/mol. The number of nitrogens with zero attached hydrogens (tertiary/aromatic N) is 3. The summed E-state index contributed by atoms with van der Waals surface area (Å²) >= 11 is 0. The predicted molar refractivity (Wildman–Crippen MR) is 112 cm³/mol. The summed E-state index contributed by atoms with van der Waals surface area (Å²) in [5, 5.41) is 2.81. The fraction of sp³-hybridized carbons (Fsp3) is 0.455. The highest BCUT2D eigenvalue weighted by molar-refractivity contribution is 5.96. The van der Waals surface area contributed by atoms with Gasteiger partial charge in [0.25, 0.3) is 5.91 Å². The van der Waals surface area contributed by atoms with Gasteiger partial charge in [-0.1, -0.05) is 12.1 Å². The number of para-hydroxylation sites is 1. The van der Waals surface area contributed by atoms with E-state index in [2.05, 4.69) is 5.32 Å². The molecule has 0 aliphatic carbocycles. The molecule has 1 saturated heterocycles. The van der Waals surface area contributed by atoms with Gasteiger partial charge >= 0.3 is 0 Å². The number of benzene rings is 1. The number of methoxy groups -OCH3 is 1. The van der Waals surface area contributed by atoms with E-state index in [4.69, 9.17) is 4.74 Å². The highest BCUT2D eigenvalue weighted by Gasteiger charge is 2.26. The summed E-state index contributed by atoms with van der Waals surface area (Å²) in [4.78, 5) is 28.9. The number of aryl methyl sites for hydroxylation is 1. The van der Waals surface area contributed by atoms with Crippen molar-refractivity contribution in [2.75, 3.05) is 53.0 Å². The van der Waals surface area contributed by atoms with Gasteiger partial charge in [0.1, 0.15) is 5.82 Å². The van der Waals surface area contributed by atoms with E-state index in [0.717, 1.165) is 11.4 Å². The zero-order valence-electron chi connectivity index (χ0n) is 17.8. The molecule has 0 spiro atoms. The number of hydrogen-bond acceptors (Lipinski definition) is 4. The molecule has 0 bridgehead atoms. The Kier molecular flexibility index (Phi) is 7.23. The summed E-state index contributed by atoms with van der Waals surface area (Å²) in [6, 6.07) is 8.37. The summed E-state index contributed by atoms with van der Waals surface area (Å²) in [7, 11) is 1.59. The van der Waals surface area contributed by atoms with Crippen LogP contribution in [0.25, 0.3) is 5.69 Å². The van der Waals surface area contributed by atoms with Crippen molar-refractivity contribution < 1.29 is 18.7 Å². The first-order valence-corrected chi connectivity index (χ1v) is 10.1. The first-order valence-electron chi connectivity index (χ1n) is 10.1. The van der Waals surface area contributed by atoms with Crippen LogP contribution < -0.4 is 5.32 Å². The van der Waals surface area contributed by atoms with E-state index in [1.165, 1.54) is 6.07 Å². The molecular weight excluding hydrogens is 387 g/mol. The van der Waals surface area contributed by atoms with Crippen LogP contribution in [0, 0.1) is 19.7 Å². The van der Waals surface area contributed by atoms with E-state index in [1.807, 2.05) is 24.8 Å². The van der Waals surface area contributed by atoms with Gasteiger partial charge in [-0.05, 0) is 32.0 Å². The lowest BCUT2D eigenvalue weighted by molar-refractivity contribution is -0.122. The number of amides is 2. The molecule has 30 heavy (non-hydrogen) atoms. The Morgan fingerprint density at radius 1 is 1.13 bits per heavy atom. The Morgan fingerprint density at radius 3 is 2.50 bits per heavy atom. The Hall–Kier alpha value is -2.71. The van der Waals surface area contributed by atoms with Crippen LogP contribution in [0.3, 0.4) is 0 Å². The standard InChI is InChI=1S/C22H29FN4O3/c1-16-14-18(17(2)27(16)20-7-5-4-6-19(20)23)22(29)26-11-9-25(10-12-26)15-21(28)24-8-13-30-3/h4-7,14H,8-13,15H2,1-3H3,(H,24,28). The van der Waals surface area contributed by atoms with Crippen molar-refractivity contribution >= 4 is 11.8 Å². The van der Waals surface area contributed by atoms with Crippen LogP contribution >= 0.6 is 0 Å². The van der Waals surface area contributed by atoms with Gasteiger partial charge in [0, 0.05) is 51.2 Å². The van der Waals surface area contributed by atoms with Crippen LogP contribution in [-0.2, 0) is 9.53 Å². The van der Waals surface area contributed by atoms with Gasteiger partial charge in [0.15, 0.2) is 0 Å². The third kappa shape index (κ3) is 4.88. The second kappa shape index (κ2) is 9.86. The molecule has 1 N–H and O–H groups in total. The second-order valence-corrected chi connectivity index (χ2v) is 7.48. The number of rotatable bonds is 7. The second-order valence-electron chi connectivity index (χ2n) is 7.48. The molecule has 1 aliphatic rings. The highest BCUT2D eigenvalue weighted by atomic mass is 19.1. The zero-order chi connectivity index (χ0) is 21.7. The summed E-state index contributed by atoms with van der Waals surface area (Å²) < 4.78 is 21.0. The largest absolute Gasteiger partial charge is 0.383 e. The lowest BCUT2D eigenvalue weighted by atomic mass is 10.2. The normalized spacial score (nSPS) is 14.7. The Bertz CT molecular complexity index is 904. The van der Waals surface area contributed by atoms with Gasteiger partial charge in [-0.25, -0.2) is 4.39 Å². The predicted octanol–water partition coefficient (Wildman–Crippen LogP) is 1.75. The number of hydrogen-bond donors (Lipinski definition) is 1. The lowest BCUT2D eigenvalue weighted by Gasteiger charge is -2.34. The average Bonchev–Trinajstić information content (AvgIpc) is 3.03. The van der Waals surface area contributed by atoms with E-state index in [9.17, 15) is 14.0 Å². The van der Waals surface area contributed by atoms with Crippen molar-refractivity contribution in [2.45, 2.75) is 13.8 Å². The van der Waals surface area contributed by atoms with Crippen LogP contribution in [-0.4, -0.2) is 79.2 Å². The van der Waals surface area contributed by atoms with E-state index >= 15 is 0 Å². The average molecular weight is 416 g/mol. The lowest BCUT2D eigenvalue weighted by Crippen LogP contribution is -2.51. The molecule has 0 radical (unpaired) electrons. The SMILES string of the molecule is COCCNC(=O)CN1CCN(C(=O)c2cc(C)n(-c3ccccc3F)c2C)CC1. The molecule has 8 heteroatoms. The quantitative estimate of drug-likeness (QED) is 0.699. The van der Waals surface area contributed by atoms with Crippen LogP contribution in [0.1, 0.15) is 21.7 Å². The molecular formula is C22H29FN4O3. The minimum Gasteiger partial charge on any atom is -0.383 e. The number of ether oxygens (including phenoxy) is 1. The molecule has 1 fully saturated rings. The third-order valence-electron chi connectivity index (χ3n) is 5.41. The number of piperazine rings is 1. The molecule has 2 amide bonds. The maximum Gasteiger partial charge on any atom is 0.255 e. The number of nitrogens with one attached hydrogen (secondary N) is 1. The van der Waals surface area contributed by atoms with E-state index in [-0.39, 0.29) is 17.6 Å². The van der Waals surface area contributed by atoms with Gasteiger partial charge in [0.2, 0.25) is 5.91 Å². The summed E-state index contributed by atoms with van der Waals surface area (Å²) in [5.41, 5.74) is 2.56. The van der Waals surface area contributed by atoms with Crippen molar-refractivity contribution in [1.29, 1.82) is 0 Å². The maximum absolute atomic E-state index is 14.3. The molecule has 0 atom stereocenters. The molecule has 3 rings (SSSR count). The van der Waals surface area contributed by atoms with Crippen molar-refractivity contribution in [3.05, 3.63) is 53.1 Å². The number of halogens is 1. The van der Waals surface area contributed by atoms with Crippen LogP contribution in [0.15, 0.2) is 30.3 Å². The molecule has 162 valence electrons. The first-order chi connectivity index (χ1) is 14.4. The van der Waals surface area contributed by atoms with Crippen LogP contribution in [0.2, 0.25) is 0 Å². The fourth-order valence-electron chi connectivity index (χ4n) is 3.81. The Morgan fingerprint density at radius 2 is 1.83 bits per heavy atom. The fourth-order valence-corrected chi connectivity index (χ4v) is 3.81. The van der Waals surface area contributed by atoms with Crippen molar-refractivity contribution in [1.82, 2.24) is 19.7 Å². The molecule has 0 unspecified atom stereocenters. The summed E-state index contributed by atoms with van der Waals surface area (Å²) in [5.74, 6) is -0.425. The maximum atomic E-state index is 14.3. The van der Waals surface area contributed by atoms with E-state index < -0.39 is 0 Å². The van der Waals surface area contributed by atoms with Crippen molar-refractivity contribution in [2.24, 2.45) is 0 Å². The topological polar surface area (TPSA) is 66.8 Å². The molecule has 7 nitrogen and oxygen atoms in total. The van der Waals surface area contributed by atoms with Gasteiger partial charge in [0.05, 0.1) is 24.4 Å². The minimum atomic E-state index is -0.323. The third-order valence-corrected chi connectivity index (χ3v) is 5.41. The molecule has 1 aromatic heterocycles. The van der Waals surface area contributed by atoms with Gasteiger partial charge in [-0.3, -0.25) is 14.5 Å². The van der Waals surface area contributed by atoms with Crippen molar-refractivity contribution in [3.63, 3.8) is 0 Å². The minimum absolute atomic E-state index is 0.0414. The van der Waals surface area contributed by atoms with Crippen LogP contribution in [0.5, 0.6) is 0 Å². The van der Waals surface area contributed by atoms with E-state index in [1.54, 1.807) is 34.8 Å².